The van der Waals surface area contributed by atoms with Crippen LogP contribution < -0.4 is 25.8 Å². The fourth-order valence-corrected chi connectivity index (χ4v) is 3.46. The highest BCUT2D eigenvalue weighted by molar-refractivity contribution is 5.96. The van der Waals surface area contributed by atoms with Gasteiger partial charge in [-0.25, -0.2) is 9.97 Å². The quantitative estimate of drug-likeness (QED) is 0.386. The Morgan fingerprint density at radius 3 is 2.48 bits per heavy atom. The molecule has 4 aromatic rings. The van der Waals surface area contributed by atoms with Gasteiger partial charge in [-0.1, -0.05) is 42.5 Å². The summed E-state index contributed by atoms with van der Waals surface area (Å²) in [4.78, 5) is 8.63. The molecule has 0 amide bonds. The first-order valence-corrected chi connectivity index (χ1v) is 9.99. The van der Waals surface area contributed by atoms with Gasteiger partial charge in [0.15, 0.2) is 23.1 Å². The van der Waals surface area contributed by atoms with E-state index in [2.05, 4.69) is 38.8 Å². The second kappa shape index (κ2) is 9.21. The predicted octanol–water partition coefficient (Wildman–Crippen LogP) is 4.63. The van der Waals surface area contributed by atoms with Crippen LogP contribution in [0.4, 0.5) is 23.0 Å². The third-order valence-electron chi connectivity index (χ3n) is 5.08. The number of aromatic nitrogens is 2. The number of nitrogens with zero attached hydrogens (tertiary/aromatic N) is 2. The summed E-state index contributed by atoms with van der Waals surface area (Å²) >= 11 is 0. The number of hydrogen-bond donors (Lipinski definition) is 3. The molecule has 7 nitrogen and oxygen atoms in total. The number of ether oxygens (including phenoxy) is 2. The van der Waals surface area contributed by atoms with Crippen LogP contribution in [0.1, 0.15) is 5.56 Å². The van der Waals surface area contributed by atoms with Gasteiger partial charge in [0.25, 0.3) is 0 Å². The highest BCUT2D eigenvalue weighted by Crippen LogP contribution is 2.30. The maximum Gasteiger partial charge on any atom is 0.160 e. The number of rotatable bonds is 8. The van der Waals surface area contributed by atoms with Gasteiger partial charge in [0.1, 0.15) is 12.0 Å². The van der Waals surface area contributed by atoms with Crippen molar-refractivity contribution in [3.8, 4) is 11.5 Å². The summed E-state index contributed by atoms with van der Waals surface area (Å²) in [5.74, 6) is 2.59. The molecule has 0 saturated heterocycles. The first-order valence-electron chi connectivity index (χ1n) is 9.99. The van der Waals surface area contributed by atoms with Crippen molar-refractivity contribution < 1.29 is 9.47 Å². The lowest BCUT2D eigenvalue weighted by molar-refractivity contribution is 0.354. The molecule has 0 radical (unpaired) electrons. The Kier molecular flexibility index (Phi) is 6.03. The van der Waals surface area contributed by atoms with Gasteiger partial charge in [-0.15, -0.1) is 0 Å². The zero-order valence-corrected chi connectivity index (χ0v) is 17.6. The van der Waals surface area contributed by atoms with Crippen molar-refractivity contribution in [3.05, 3.63) is 72.6 Å². The lowest BCUT2D eigenvalue weighted by atomic mass is 10.1. The van der Waals surface area contributed by atoms with Crippen LogP contribution in [0.15, 0.2) is 67.0 Å². The lowest BCUT2D eigenvalue weighted by Gasteiger charge is -2.14. The molecule has 0 atom stereocenters. The predicted molar refractivity (Wildman–Crippen MR) is 125 cm³/mol. The van der Waals surface area contributed by atoms with Gasteiger partial charge in [0.2, 0.25) is 0 Å². The largest absolute Gasteiger partial charge is 0.493 e. The number of hydrogen-bond acceptors (Lipinski definition) is 7. The van der Waals surface area contributed by atoms with Crippen molar-refractivity contribution in [2.45, 2.75) is 6.42 Å². The van der Waals surface area contributed by atoms with Gasteiger partial charge in [0.05, 0.1) is 14.2 Å². The minimum atomic E-state index is 0.475. The minimum absolute atomic E-state index is 0.475. The van der Waals surface area contributed by atoms with Crippen LogP contribution >= 0.6 is 0 Å². The Balaban J connectivity index is 1.47. The molecule has 3 aromatic carbocycles. The van der Waals surface area contributed by atoms with Gasteiger partial charge in [-0.05, 0) is 35.6 Å². The molecular weight excluding hydrogens is 390 g/mol. The molecule has 1 aromatic heterocycles. The van der Waals surface area contributed by atoms with Gasteiger partial charge in [0, 0.05) is 17.6 Å². The van der Waals surface area contributed by atoms with E-state index in [4.69, 9.17) is 15.2 Å². The van der Waals surface area contributed by atoms with E-state index in [1.54, 1.807) is 14.2 Å². The Bertz CT molecular complexity index is 1190. The fraction of sp³-hybridized carbons (Fsp3) is 0.167. The van der Waals surface area contributed by atoms with Crippen LogP contribution in [-0.2, 0) is 6.42 Å². The van der Waals surface area contributed by atoms with Crippen LogP contribution in [0.5, 0.6) is 11.5 Å². The van der Waals surface area contributed by atoms with E-state index >= 15 is 0 Å². The van der Waals surface area contributed by atoms with E-state index < -0.39 is 0 Å². The number of anilines is 4. The third-order valence-corrected chi connectivity index (χ3v) is 5.08. The van der Waals surface area contributed by atoms with E-state index in [0.29, 0.717) is 35.4 Å². The smallest absolute Gasteiger partial charge is 0.160 e. The first-order chi connectivity index (χ1) is 15.2. The molecule has 0 aliphatic heterocycles. The van der Waals surface area contributed by atoms with Crippen molar-refractivity contribution in [1.29, 1.82) is 0 Å². The fourth-order valence-electron chi connectivity index (χ4n) is 3.46. The molecule has 0 aliphatic rings. The SMILES string of the molecule is COc1ccc(CCNc2ncnc(Nc3cccc4ccccc34)c2N)cc1OC. The van der Waals surface area contributed by atoms with E-state index in [-0.39, 0.29) is 0 Å². The number of methoxy groups -OCH3 is 2. The number of nitrogens with two attached hydrogens (primary N) is 1. The van der Waals surface area contributed by atoms with Crippen LogP contribution in [0.2, 0.25) is 0 Å². The topological polar surface area (TPSA) is 94.3 Å². The average Bonchev–Trinajstić information content (AvgIpc) is 2.81. The number of nitrogens with one attached hydrogen (secondary N) is 2. The van der Waals surface area contributed by atoms with E-state index in [1.165, 1.54) is 6.33 Å². The molecule has 0 spiro atoms. The number of fused-ring (bicyclic) bond motifs is 1. The number of nitrogen functional groups attached to an aromatic ring is 1. The summed E-state index contributed by atoms with van der Waals surface area (Å²) in [5.41, 5.74) is 8.89. The monoisotopic (exact) mass is 415 g/mol. The van der Waals surface area contributed by atoms with Crippen LogP contribution in [0.25, 0.3) is 10.8 Å². The zero-order valence-electron chi connectivity index (χ0n) is 17.6. The summed E-state index contributed by atoms with van der Waals surface area (Å²) in [6, 6.07) is 20.1. The molecule has 31 heavy (non-hydrogen) atoms. The number of benzene rings is 3. The van der Waals surface area contributed by atoms with Crippen LogP contribution in [0, 0.1) is 0 Å². The van der Waals surface area contributed by atoms with Crippen LogP contribution in [0.3, 0.4) is 0 Å². The highest BCUT2D eigenvalue weighted by Gasteiger charge is 2.10. The summed E-state index contributed by atoms with van der Waals surface area (Å²) in [6.07, 6.45) is 2.28. The maximum atomic E-state index is 6.35. The molecule has 158 valence electrons. The second-order valence-electron chi connectivity index (χ2n) is 7.00. The Labute approximate surface area is 181 Å². The normalized spacial score (nSPS) is 10.6. The summed E-state index contributed by atoms with van der Waals surface area (Å²) in [6.45, 7) is 0.657. The van der Waals surface area contributed by atoms with Crippen molar-refractivity contribution in [1.82, 2.24) is 9.97 Å². The molecule has 0 fully saturated rings. The van der Waals surface area contributed by atoms with E-state index in [1.807, 2.05) is 42.5 Å². The highest BCUT2D eigenvalue weighted by atomic mass is 16.5. The molecule has 0 unspecified atom stereocenters. The molecule has 0 aliphatic carbocycles. The molecule has 1 heterocycles. The maximum absolute atomic E-state index is 6.35. The molecular formula is C24H25N5O2. The first kappa shape index (κ1) is 20.3. The molecule has 4 rings (SSSR count). The Hall–Kier alpha value is -4.00. The average molecular weight is 415 g/mol. The van der Waals surface area contributed by atoms with E-state index in [0.717, 1.165) is 28.4 Å². The van der Waals surface area contributed by atoms with Crippen LogP contribution in [-0.4, -0.2) is 30.7 Å². The van der Waals surface area contributed by atoms with Gasteiger partial charge in [-0.3, -0.25) is 0 Å². The lowest BCUT2D eigenvalue weighted by Crippen LogP contribution is -2.11. The molecule has 0 saturated carbocycles. The van der Waals surface area contributed by atoms with Crippen molar-refractivity contribution >= 4 is 33.8 Å². The molecule has 4 N–H and O–H groups in total. The molecule has 7 heteroatoms. The Morgan fingerprint density at radius 1 is 0.871 bits per heavy atom. The van der Waals surface area contributed by atoms with Gasteiger partial charge in [-0.2, -0.15) is 0 Å². The standard InChI is InChI=1S/C24H25N5O2/c1-30-20-11-10-16(14-21(20)31-2)12-13-26-23-22(25)24(28-15-27-23)29-19-9-5-7-17-6-3-4-8-18(17)19/h3-11,14-15H,12-13,25H2,1-2H3,(H2,26,27,28,29). The van der Waals surface area contributed by atoms with E-state index in [9.17, 15) is 0 Å². The van der Waals surface area contributed by atoms with Gasteiger partial charge < -0.3 is 25.8 Å². The van der Waals surface area contributed by atoms with Gasteiger partial charge >= 0.3 is 0 Å². The molecule has 0 bridgehead atoms. The minimum Gasteiger partial charge on any atom is -0.493 e. The second-order valence-corrected chi connectivity index (χ2v) is 7.00. The third kappa shape index (κ3) is 4.45. The summed E-state index contributed by atoms with van der Waals surface area (Å²) in [7, 11) is 3.26. The summed E-state index contributed by atoms with van der Waals surface area (Å²) in [5, 5.41) is 8.90. The van der Waals surface area contributed by atoms with Crippen molar-refractivity contribution in [2.75, 3.05) is 37.1 Å². The Morgan fingerprint density at radius 2 is 1.65 bits per heavy atom. The zero-order chi connectivity index (χ0) is 21.6. The summed E-state index contributed by atoms with van der Waals surface area (Å²) < 4.78 is 10.7. The van der Waals surface area contributed by atoms with Crippen molar-refractivity contribution in [2.24, 2.45) is 0 Å². The van der Waals surface area contributed by atoms with Crippen molar-refractivity contribution in [3.63, 3.8) is 0 Å².